The Morgan fingerprint density at radius 1 is 0.800 bits per heavy atom. The van der Waals surface area contributed by atoms with Gasteiger partial charge in [-0.3, -0.25) is 9.59 Å². The van der Waals surface area contributed by atoms with E-state index >= 15 is 0 Å². The van der Waals surface area contributed by atoms with Crippen LogP contribution >= 0.6 is 0 Å². The highest BCUT2D eigenvalue weighted by atomic mass is 16.1. The van der Waals surface area contributed by atoms with Crippen molar-refractivity contribution in [2.45, 2.75) is 12.8 Å². The molecule has 0 amide bonds. The van der Waals surface area contributed by atoms with Gasteiger partial charge in [-0.1, -0.05) is 42.5 Å². The van der Waals surface area contributed by atoms with Gasteiger partial charge in [-0.25, -0.2) is 0 Å². The molecule has 2 heteroatoms. The zero-order chi connectivity index (χ0) is 13.7. The topological polar surface area (TPSA) is 34.1 Å². The molecule has 0 bridgehead atoms. The average Bonchev–Trinajstić information content (AvgIpc) is 2.47. The number of benzene rings is 2. The van der Waals surface area contributed by atoms with Crippen LogP contribution in [0.25, 0.3) is 23.3 Å². The summed E-state index contributed by atoms with van der Waals surface area (Å²) in [5, 5.41) is 2.03. The lowest BCUT2D eigenvalue weighted by Crippen LogP contribution is -2.36. The number of Topliss-reactive ketones (excluding diaryl/α,β-unsaturated/α-hetero) is 2. The number of fused-ring (bicyclic) bond motifs is 5. The third-order valence-electron chi connectivity index (χ3n) is 4.06. The van der Waals surface area contributed by atoms with Crippen molar-refractivity contribution < 1.29 is 9.59 Å². The lowest BCUT2D eigenvalue weighted by Gasteiger charge is -2.16. The van der Waals surface area contributed by atoms with Crippen molar-refractivity contribution in [1.82, 2.24) is 0 Å². The van der Waals surface area contributed by atoms with Crippen molar-refractivity contribution >= 4 is 23.7 Å². The van der Waals surface area contributed by atoms with Crippen molar-refractivity contribution in [3.8, 4) is 11.1 Å². The highest BCUT2D eigenvalue weighted by molar-refractivity contribution is 6.22. The first-order chi connectivity index (χ1) is 9.74. The Morgan fingerprint density at radius 2 is 1.60 bits per heavy atom. The largest absolute Gasteiger partial charge is 0.299 e. The first kappa shape index (κ1) is 11.4. The molecule has 2 aliphatic rings. The first-order valence-electron chi connectivity index (χ1n) is 6.73. The van der Waals surface area contributed by atoms with E-state index in [-0.39, 0.29) is 11.6 Å². The molecule has 0 radical (unpaired) electrons. The smallest absolute Gasteiger partial charge is 0.187 e. The predicted octanol–water partition coefficient (Wildman–Crippen LogP) is 1.63. The molecule has 2 aromatic carbocycles. The van der Waals surface area contributed by atoms with E-state index < -0.39 is 0 Å². The summed E-state index contributed by atoms with van der Waals surface area (Å²) in [6.45, 7) is 0. The van der Waals surface area contributed by atoms with Gasteiger partial charge in [0.1, 0.15) is 5.78 Å². The molecule has 0 aromatic heterocycles. The minimum atomic E-state index is 0.0480. The Kier molecular flexibility index (Phi) is 2.27. The lowest BCUT2D eigenvalue weighted by atomic mass is 9.86. The molecule has 0 fully saturated rings. The molecule has 0 heterocycles. The van der Waals surface area contributed by atoms with Gasteiger partial charge in [0.25, 0.3) is 0 Å². The molecule has 0 aliphatic heterocycles. The number of hydrogen-bond acceptors (Lipinski definition) is 2. The maximum absolute atomic E-state index is 12.3. The van der Waals surface area contributed by atoms with Gasteiger partial charge in [0.2, 0.25) is 0 Å². The average molecular weight is 260 g/mol. The molecular formula is C18H12O2. The van der Waals surface area contributed by atoms with Gasteiger partial charge in [-0.15, -0.1) is 0 Å². The maximum Gasteiger partial charge on any atom is 0.187 e. The second-order valence-electron chi connectivity index (χ2n) is 5.28. The Balaban J connectivity index is 2.12. The van der Waals surface area contributed by atoms with E-state index in [4.69, 9.17) is 0 Å². The third kappa shape index (κ3) is 1.51. The highest BCUT2D eigenvalue weighted by Crippen LogP contribution is 2.24. The van der Waals surface area contributed by atoms with Crippen molar-refractivity contribution in [3.05, 3.63) is 58.0 Å². The molecule has 0 spiro atoms. The van der Waals surface area contributed by atoms with Crippen molar-refractivity contribution in [3.63, 3.8) is 0 Å². The Hall–Kier alpha value is -2.48. The van der Waals surface area contributed by atoms with Crippen molar-refractivity contribution in [1.29, 1.82) is 0 Å². The van der Waals surface area contributed by atoms with Gasteiger partial charge in [0.15, 0.2) is 5.78 Å². The van der Waals surface area contributed by atoms with Crippen molar-refractivity contribution in [2.75, 3.05) is 0 Å². The van der Waals surface area contributed by atoms with E-state index in [1.807, 2.05) is 42.5 Å². The van der Waals surface area contributed by atoms with Crippen LogP contribution < -0.4 is 10.4 Å². The minimum Gasteiger partial charge on any atom is -0.299 e. The number of carbonyl (C=O) groups is 2. The second kappa shape index (κ2) is 4.01. The van der Waals surface area contributed by atoms with Gasteiger partial charge in [0, 0.05) is 18.4 Å². The maximum atomic E-state index is 12.3. The number of hydrogen-bond donors (Lipinski definition) is 0. The van der Waals surface area contributed by atoms with Crippen LogP contribution in [0.3, 0.4) is 0 Å². The molecule has 2 aliphatic carbocycles. The van der Waals surface area contributed by atoms with Crippen LogP contribution in [-0.4, -0.2) is 11.6 Å². The van der Waals surface area contributed by atoms with Crippen LogP contribution in [0.5, 0.6) is 0 Å². The summed E-state index contributed by atoms with van der Waals surface area (Å²) in [7, 11) is 0. The molecule has 0 atom stereocenters. The van der Waals surface area contributed by atoms with E-state index in [1.54, 1.807) is 6.08 Å². The highest BCUT2D eigenvalue weighted by Gasteiger charge is 2.19. The predicted molar refractivity (Wildman–Crippen MR) is 77.7 cm³/mol. The molecule has 2 aromatic rings. The Bertz CT molecular complexity index is 888. The van der Waals surface area contributed by atoms with Crippen LogP contribution in [0.4, 0.5) is 0 Å². The quantitative estimate of drug-likeness (QED) is 0.721. The second-order valence-corrected chi connectivity index (χ2v) is 5.28. The summed E-state index contributed by atoms with van der Waals surface area (Å²) in [5.74, 6) is 0.284. The lowest BCUT2D eigenvalue weighted by molar-refractivity contribution is -0.117. The van der Waals surface area contributed by atoms with Crippen molar-refractivity contribution in [2.24, 2.45) is 0 Å². The van der Waals surface area contributed by atoms with Crippen LogP contribution in [0.1, 0.15) is 22.3 Å². The summed E-state index contributed by atoms with van der Waals surface area (Å²) in [6.07, 6.45) is 4.61. The van der Waals surface area contributed by atoms with Crippen LogP contribution in [0, 0.1) is 0 Å². The summed E-state index contributed by atoms with van der Waals surface area (Å²) in [5.41, 5.74) is 3.86. The summed E-state index contributed by atoms with van der Waals surface area (Å²) >= 11 is 0. The van der Waals surface area contributed by atoms with Gasteiger partial charge in [-0.2, -0.15) is 0 Å². The van der Waals surface area contributed by atoms with Gasteiger partial charge in [-0.05, 0) is 33.2 Å². The normalized spacial score (nSPS) is 15.6. The Labute approximate surface area is 116 Å². The molecule has 0 saturated carbocycles. The first-order valence-corrected chi connectivity index (χ1v) is 6.73. The zero-order valence-corrected chi connectivity index (χ0v) is 10.8. The fraction of sp³-hybridized carbons (Fsp3) is 0.111. The SMILES string of the molecule is O=C1CC=c2c(ccc3c2=CC(=O)c2ccccc2-3)C1. The van der Waals surface area contributed by atoms with E-state index in [9.17, 15) is 9.59 Å². The standard InChI is InChI=1S/C18H12O2/c19-12-6-8-13-11(9-12)5-7-15-14-3-1-2-4-16(14)18(20)10-17(13)15/h1-5,7-8,10H,6,9H2. The molecule has 0 unspecified atom stereocenters. The van der Waals surface area contributed by atoms with E-state index in [1.165, 1.54) is 0 Å². The fourth-order valence-corrected chi connectivity index (χ4v) is 3.11. The van der Waals surface area contributed by atoms with Crippen LogP contribution in [-0.2, 0) is 11.2 Å². The molecule has 2 nitrogen and oxygen atoms in total. The summed E-state index contributed by atoms with van der Waals surface area (Å²) < 4.78 is 0. The van der Waals surface area contributed by atoms with E-state index in [0.29, 0.717) is 12.8 Å². The minimum absolute atomic E-state index is 0.0480. The molecular weight excluding hydrogens is 248 g/mol. The number of ketones is 2. The fourth-order valence-electron chi connectivity index (χ4n) is 3.11. The Morgan fingerprint density at radius 3 is 2.45 bits per heavy atom. The number of rotatable bonds is 0. The molecule has 20 heavy (non-hydrogen) atoms. The van der Waals surface area contributed by atoms with Gasteiger partial charge in [0.05, 0.1) is 0 Å². The zero-order valence-electron chi connectivity index (χ0n) is 10.8. The van der Waals surface area contributed by atoms with Crippen LogP contribution in [0.15, 0.2) is 36.4 Å². The molecule has 0 N–H and O–H groups in total. The summed E-state index contributed by atoms with van der Waals surface area (Å²) in [4.78, 5) is 23.8. The van der Waals surface area contributed by atoms with Crippen LogP contribution in [0.2, 0.25) is 0 Å². The molecule has 4 rings (SSSR count). The molecule has 96 valence electrons. The van der Waals surface area contributed by atoms with E-state index in [0.717, 1.165) is 32.7 Å². The van der Waals surface area contributed by atoms with E-state index in [2.05, 4.69) is 0 Å². The van der Waals surface area contributed by atoms with Gasteiger partial charge < -0.3 is 0 Å². The van der Waals surface area contributed by atoms with Gasteiger partial charge >= 0.3 is 0 Å². The number of carbonyl (C=O) groups excluding carboxylic acids is 2. The monoisotopic (exact) mass is 260 g/mol. The molecule has 0 saturated heterocycles. The third-order valence-corrected chi connectivity index (χ3v) is 4.06. The summed E-state index contributed by atoms with van der Waals surface area (Å²) in [6, 6.07) is 11.7.